The van der Waals surface area contributed by atoms with Crippen molar-refractivity contribution in [1.82, 2.24) is 15.0 Å². The number of ether oxygens (including phenoxy) is 1. The van der Waals surface area contributed by atoms with Gasteiger partial charge in [-0.15, -0.1) is 0 Å². The Labute approximate surface area is 120 Å². The Hall–Kier alpha value is -2.89. The summed E-state index contributed by atoms with van der Waals surface area (Å²) >= 11 is 0. The van der Waals surface area contributed by atoms with Crippen LogP contribution in [0.25, 0.3) is 11.0 Å². The first-order valence-electron chi connectivity index (χ1n) is 6.49. The van der Waals surface area contributed by atoms with E-state index < -0.39 is 5.69 Å². The SMILES string of the molecule is COc1ccccc1CNc1nc(=O)[nH]c2ncccc12. The molecule has 0 bridgehead atoms. The van der Waals surface area contributed by atoms with Gasteiger partial charge < -0.3 is 10.1 Å². The molecule has 6 nitrogen and oxygen atoms in total. The van der Waals surface area contributed by atoms with Crippen LogP contribution >= 0.6 is 0 Å². The summed E-state index contributed by atoms with van der Waals surface area (Å²) in [6.45, 7) is 0.504. The Bertz CT molecular complexity index is 829. The molecule has 0 spiro atoms. The highest BCUT2D eigenvalue weighted by molar-refractivity contribution is 5.85. The summed E-state index contributed by atoms with van der Waals surface area (Å²) in [5.74, 6) is 1.30. The first-order valence-corrected chi connectivity index (χ1v) is 6.49. The highest BCUT2D eigenvalue weighted by Gasteiger charge is 2.07. The number of H-pyrrole nitrogens is 1. The van der Waals surface area contributed by atoms with Crippen molar-refractivity contribution in [3.63, 3.8) is 0 Å². The summed E-state index contributed by atoms with van der Waals surface area (Å²) in [4.78, 5) is 22.3. The van der Waals surface area contributed by atoms with Gasteiger partial charge in [-0.1, -0.05) is 18.2 Å². The van der Waals surface area contributed by atoms with Crippen LogP contribution in [0.3, 0.4) is 0 Å². The van der Waals surface area contributed by atoms with Crippen molar-refractivity contribution in [2.75, 3.05) is 12.4 Å². The average molecular weight is 282 g/mol. The van der Waals surface area contributed by atoms with Gasteiger partial charge in [0.25, 0.3) is 0 Å². The van der Waals surface area contributed by atoms with Gasteiger partial charge in [0.15, 0.2) is 0 Å². The third kappa shape index (κ3) is 2.69. The molecule has 2 N–H and O–H groups in total. The maximum Gasteiger partial charge on any atom is 0.348 e. The predicted molar refractivity (Wildman–Crippen MR) is 80.5 cm³/mol. The minimum atomic E-state index is -0.427. The van der Waals surface area contributed by atoms with Gasteiger partial charge in [-0.2, -0.15) is 4.98 Å². The van der Waals surface area contributed by atoms with Crippen molar-refractivity contribution in [2.24, 2.45) is 0 Å². The van der Waals surface area contributed by atoms with Crippen LogP contribution in [0.4, 0.5) is 5.82 Å². The second-order valence-corrected chi connectivity index (χ2v) is 4.46. The van der Waals surface area contributed by atoms with Gasteiger partial charge in [0.05, 0.1) is 12.5 Å². The average Bonchev–Trinajstić information content (AvgIpc) is 2.52. The van der Waals surface area contributed by atoms with Crippen molar-refractivity contribution in [2.45, 2.75) is 6.54 Å². The lowest BCUT2D eigenvalue weighted by atomic mass is 10.2. The number of nitrogens with zero attached hydrogens (tertiary/aromatic N) is 2. The van der Waals surface area contributed by atoms with E-state index in [4.69, 9.17) is 4.74 Å². The molecule has 3 rings (SSSR count). The molecule has 2 heterocycles. The molecule has 0 saturated heterocycles. The Morgan fingerprint density at radius 1 is 1.24 bits per heavy atom. The van der Waals surface area contributed by atoms with Gasteiger partial charge in [-0.25, -0.2) is 9.78 Å². The summed E-state index contributed by atoms with van der Waals surface area (Å²) < 4.78 is 5.30. The summed E-state index contributed by atoms with van der Waals surface area (Å²) in [5, 5.41) is 3.94. The maximum atomic E-state index is 11.6. The first-order chi connectivity index (χ1) is 10.3. The van der Waals surface area contributed by atoms with Crippen LogP contribution in [0, 0.1) is 0 Å². The second-order valence-electron chi connectivity index (χ2n) is 4.46. The Kier molecular flexibility index (Phi) is 3.51. The highest BCUT2D eigenvalue weighted by atomic mass is 16.5. The number of nitrogens with one attached hydrogen (secondary N) is 2. The third-order valence-corrected chi connectivity index (χ3v) is 3.14. The number of anilines is 1. The molecule has 2 aromatic heterocycles. The predicted octanol–water partition coefficient (Wildman–Crippen LogP) is 1.94. The number of para-hydroxylation sites is 1. The standard InChI is InChI=1S/C15H14N4O2/c1-21-12-7-3-2-5-10(12)9-17-14-11-6-4-8-16-13(11)18-15(20)19-14/h2-8H,9H2,1H3,(H2,16,17,18,19,20). The van der Waals surface area contributed by atoms with Crippen LogP contribution in [0.1, 0.15) is 5.56 Å². The van der Waals surface area contributed by atoms with Gasteiger partial charge in [0, 0.05) is 18.3 Å². The molecule has 21 heavy (non-hydrogen) atoms. The lowest BCUT2D eigenvalue weighted by Crippen LogP contribution is -2.15. The minimum absolute atomic E-state index is 0.427. The Morgan fingerprint density at radius 3 is 2.95 bits per heavy atom. The zero-order valence-corrected chi connectivity index (χ0v) is 11.5. The zero-order chi connectivity index (χ0) is 14.7. The van der Waals surface area contributed by atoms with E-state index in [0.717, 1.165) is 16.7 Å². The van der Waals surface area contributed by atoms with Crippen LogP contribution in [0.15, 0.2) is 47.4 Å². The van der Waals surface area contributed by atoms with Crippen LogP contribution in [0.2, 0.25) is 0 Å². The van der Waals surface area contributed by atoms with Crippen LogP contribution < -0.4 is 15.7 Å². The summed E-state index contributed by atoms with van der Waals surface area (Å²) in [5.41, 5.74) is 1.07. The number of hydrogen-bond acceptors (Lipinski definition) is 5. The summed E-state index contributed by atoms with van der Waals surface area (Å²) in [6.07, 6.45) is 1.63. The summed E-state index contributed by atoms with van der Waals surface area (Å²) in [6, 6.07) is 11.4. The fraction of sp³-hybridized carbons (Fsp3) is 0.133. The van der Waals surface area contributed by atoms with Crippen LogP contribution in [-0.4, -0.2) is 22.1 Å². The van der Waals surface area contributed by atoms with Crippen molar-refractivity contribution in [3.05, 3.63) is 58.6 Å². The molecule has 0 aliphatic heterocycles. The quantitative estimate of drug-likeness (QED) is 0.764. The number of aromatic nitrogens is 3. The van der Waals surface area contributed by atoms with Gasteiger partial charge in [0.2, 0.25) is 0 Å². The molecule has 0 atom stereocenters. The summed E-state index contributed by atoms with van der Waals surface area (Å²) in [7, 11) is 1.63. The number of rotatable bonds is 4. The van der Waals surface area contributed by atoms with E-state index in [1.165, 1.54) is 0 Å². The van der Waals surface area contributed by atoms with Crippen LogP contribution in [0.5, 0.6) is 5.75 Å². The van der Waals surface area contributed by atoms with E-state index in [9.17, 15) is 4.79 Å². The van der Waals surface area contributed by atoms with Crippen molar-refractivity contribution in [3.8, 4) is 5.75 Å². The van der Waals surface area contributed by atoms with E-state index in [0.29, 0.717) is 18.0 Å². The molecule has 6 heteroatoms. The second kappa shape index (κ2) is 5.62. The molecular formula is C15H14N4O2. The van der Waals surface area contributed by atoms with Crippen molar-refractivity contribution < 1.29 is 4.74 Å². The van der Waals surface area contributed by atoms with Gasteiger partial charge in [0.1, 0.15) is 17.2 Å². The molecule has 106 valence electrons. The molecule has 0 fully saturated rings. The van der Waals surface area contributed by atoms with Gasteiger partial charge >= 0.3 is 5.69 Å². The fourth-order valence-corrected chi connectivity index (χ4v) is 2.15. The third-order valence-electron chi connectivity index (χ3n) is 3.14. The van der Waals surface area contributed by atoms with E-state index in [-0.39, 0.29) is 0 Å². The van der Waals surface area contributed by atoms with Gasteiger partial charge in [-0.3, -0.25) is 4.98 Å². The van der Waals surface area contributed by atoms with E-state index >= 15 is 0 Å². The first kappa shape index (κ1) is 13.1. The molecular weight excluding hydrogens is 268 g/mol. The van der Waals surface area contributed by atoms with Crippen molar-refractivity contribution >= 4 is 16.9 Å². The number of aromatic amines is 1. The number of fused-ring (bicyclic) bond motifs is 1. The molecule has 0 radical (unpaired) electrons. The number of pyridine rings is 1. The Morgan fingerprint density at radius 2 is 2.10 bits per heavy atom. The zero-order valence-electron chi connectivity index (χ0n) is 11.5. The molecule has 0 amide bonds. The molecule has 0 aliphatic carbocycles. The lowest BCUT2D eigenvalue weighted by Gasteiger charge is -2.10. The van der Waals surface area contributed by atoms with E-state index in [2.05, 4.69) is 20.3 Å². The number of hydrogen-bond donors (Lipinski definition) is 2. The fourth-order valence-electron chi connectivity index (χ4n) is 2.15. The number of benzene rings is 1. The highest BCUT2D eigenvalue weighted by Crippen LogP contribution is 2.20. The number of methoxy groups -OCH3 is 1. The van der Waals surface area contributed by atoms with E-state index in [1.807, 2.05) is 30.3 Å². The van der Waals surface area contributed by atoms with Crippen LogP contribution in [-0.2, 0) is 6.54 Å². The molecule has 1 aromatic carbocycles. The Balaban J connectivity index is 1.93. The largest absolute Gasteiger partial charge is 0.496 e. The maximum absolute atomic E-state index is 11.6. The molecule has 0 unspecified atom stereocenters. The topological polar surface area (TPSA) is 79.9 Å². The van der Waals surface area contributed by atoms with Crippen molar-refractivity contribution in [1.29, 1.82) is 0 Å². The molecule has 0 aliphatic rings. The molecule has 3 aromatic rings. The smallest absolute Gasteiger partial charge is 0.348 e. The van der Waals surface area contributed by atoms with E-state index in [1.54, 1.807) is 19.4 Å². The minimum Gasteiger partial charge on any atom is -0.496 e. The monoisotopic (exact) mass is 282 g/mol. The molecule has 0 saturated carbocycles. The normalized spacial score (nSPS) is 10.5. The van der Waals surface area contributed by atoms with Gasteiger partial charge in [-0.05, 0) is 18.2 Å². The lowest BCUT2D eigenvalue weighted by molar-refractivity contribution is 0.410.